The Hall–Kier alpha value is -1.61. The zero-order valence-electron chi connectivity index (χ0n) is 9.90. The number of amides is 1. The lowest BCUT2D eigenvalue weighted by Crippen LogP contribution is -2.46. The zero-order chi connectivity index (χ0) is 12.9. The van der Waals surface area contributed by atoms with E-state index in [1.807, 2.05) is 11.0 Å². The molecule has 2 N–H and O–H groups in total. The second-order valence-electron chi connectivity index (χ2n) is 4.58. The molecule has 1 fully saturated rings. The van der Waals surface area contributed by atoms with Crippen LogP contribution in [0.2, 0.25) is 0 Å². The van der Waals surface area contributed by atoms with Crippen LogP contribution >= 0.6 is 0 Å². The van der Waals surface area contributed by atoms with Crippen LogP contribution in [0.4, 0.5) is 0 Å². The average Bonchev–Trinajstić information content (AvgIpc) is 2.29. The topological polar surface area (TPSA) is 93.4 Å². The molecule has 0 atom stereocenters. The predicted molar refractivity (Wildman–Crippen MR) is 60.0 cm³/mol. The van der Waals surface area contributed by atoms with Gasteiger partial charge in [0, 0.05) is 0 Å². The van der Waals surface area contributed by atoms with E-state index in [4.69, 9.17) is 10.4 Å². The minimum Gasteiger partial charge on any atom is -0.481 e. The Morgan fingerprint density at radius 3 is 2.53 bits per heavy atom. The Morgan fingerprint density at radius 2 is 2.06 bits per heavy atom. The number of carboxylic acids is 1. The van der Waals surface area contributed by atoms with E-state index >= 15 is 0 Å². The molecule has 1 heterocycles. The number of aliphatic carboxylic acids is 1. The van der Waals surface area contributed by atoms with Crippen LogP contribution in [0.3, 0.4) is 0 Å². The van der Waals surface area contributed by atoms with Crippen LogP contribution < -0.4 is 5.32 Å². The summed E-state index contributed by atoms with van der Waals surface area (Å²) in [6.07, 6.45) is 1.10. The van der Waals surface area contributed by atoms with Crippen molar-refractivity contribution in [3.8, 4) is 6.07 Å². The lowest BCUT2D eigenvalue weighted by molar-refractivity contribution is -0.150. The van der Waals surface area contributed by atoms with Gasteiger partial charge < -0.3 is 10.4 Å². The van der Waals surface area contributed by atoms with E-state index in [0.29, 0.717) is 25.9 Å². The number of rotatable bonds is 4. The number of nitrogens with zero attached hydrogens (tertiary/aromatic N) is 2. The van der Waals surface area contributed by atoms with E-state index in [9.17, 15) is 9.59 Å². The molecular formula is C11H17N3O3. The molecule has 0 aliphatic carbocycles. The van der Waals surface area contributed by atoms with Crippen LogP contribution in [0.1, 0.15) is 19.8 Å². The van der Waals surface area contributed by atoms with Gasteiger partial charge in [0.25, 0.3) is 0 Å². The third kappa shape index (κ3) is 3.71. The number of likely N-dealkylation sites (tertiary alicyclic amines) is 1. The first kappa shape index (κ1) is 13.5. The third-order valence-corrected chi connectivity index (χ3v) is 3.21. The van der Waals surface area contributed by atoms with Crippen LogP contribution in [-0.2, 0) is 9.59 Å². The molecule has 94 valence electrons. The SMILES string of the molecule is CC1(C(=O)O)CCN(CC(=O)NCC#N)CC1. The molecule has 1 aliphatic heterocycles. The molecule has 1 rings (SSSR count). The number of carbonyl (C=O) groups is 2. The maximum atomic E-state index is 11.3. The van der Waals surface area contributed by atoms with Crippen molar-refractivity contribution in [3.63, 3.8) is 0 Å². The number of hydrogen-bond acceptors (Lipinski definition) is 4. The van der Waals surface area contributed by atoms with Gasteiger partial charge in [-0.2, -0.15) is 5.26 Å². The predicted octanol–water partition coefficient (Wildman–Crippen LogP) is -0.187. The molecule has 17 heavy (non-hydrogen) atoms. The minimum atomic E-state index is -0.772. The lowest BCUT2D eigenvalue weighted by Gasteiger charge is -2.35. The first-order chi connectivity index (χ1) is 7.98. The van der Waals surface area contributed by atoms with Crippen molar-refractivity contribution < 1.29 is 14.7 Å². The van der Waals surface area contributed by atoms with Gasteiger partial charge in [0.1, 0.15) is 6.54 Å². The van der Waals surface area contributed by atoms with Crippen molar-refractivity contribution >= 4 is 11.9 Å². The monoisotopic (exact) mass is 239 g/mol. The average molecular weight is 239 g/mol. The number of piperidine rings is 1. The summed E-state index contributed by atoms with van der Waals surface area (Å²) in [4.78, 5) is 24.3. The van der Waals surface area contributed by atoms with Crippen LogP contribution in [-0.4, -0.2) is 48.1 Å². The van der Waals surface area contributed by atoms with Gasteiger partial charge in [-0.1, -0.05) is 0 Å². The van der Waals surface area contributed by atoms with E-state index in [-0.39, 0.29) is 19.0 Å². The van der Waals surface area contributed by atoms with Crippen molar-refractivity contribution in [3.05, 3.63) is 0 Å². The first-order valence-corrected chi connectivity index (χ1v) is 5.57. The highest BCUT2D eigenvalue weighted by molar-refractivity contribution is 5.78. The Labute approximate surface area is 100 Å². The molecule has 0 unspecified atom stereocenters. The summed E-state index contributed by atoms with van der Waals surface area (Å²) in [6.45, 7) is 3.19. The number of carbonyl (C=O) groups excluding carboxylic acids is 1. The summed E-state index contributed by atoms with van der Waals surface area (Å²) < 4.78 is 0. The van der Waals surface area contributed by atoms with Crippen molar-refractivity contribution in [1.29, 1.82) is 5.26 Å². The smallest absolute Gasteiger partial charge is 0.309 e. The molecule has 6 heteroatoms. The molecule has 1 amide bonds. The highest BCUT2D eigenvalue weighted by atomic mass is 16.4. The van der Waals surface area contributed by atoms with Crippen molar-refractivity contribution in [2.24, 2.45) is 5.41 Å². The highest BCUT2D eigenvalue weighted by Crippen LogP contribution is 2.30. The molecule has 0 aromatic heterocycles. The Balaban J connectivity index is 2.35. The zero-order valence-corrected chi connectivity index (χ0v) is 9.90. The highest BCUT2D eigenvalue weighted by Gasteiger charge is 2.36. The summed E-state index contributed by atoms with van der Waals surface area (Å²) >= 11 is 0. The largest absolute Gasteiger partial charge is 0.481 e. The summed E-state index contributed by atoms with van der Waals surface area (Å²) in [7, 11) is 0. The molecule has 0 bridgehead atoms. The van der Waals surface area contributed by atoms with Crippen molar-refractivity contribution in [1.82, 2.24) is 10.2 Å². The van der Waals surface area contributed by atoms with Gasteiger partial charge in [-0.25, -0.2) is 0 Å². The lowest BCUT2D eigenvalue weighted by atomic mass is 9.80. The van der Waals surface area contributed by atoms with Gasteiger partial charge in [-0.05, 0) is 32.9 Å². The van der Waals surface area contributed by atoms with Crippen molar-refractivity contribution in [2.75, 3.05) is 26.2 Å². The summed E-state index contributed by atoms with van der Waals surface area (Å²) in [5.74, 6) is -0.962. The molecule has 0 radical (unpaired) electrons. The van der Waals surface area contributed by atoms with Gasteiger partial charge in [0.15, 0.2) is 0 Å². The molecule has 0 spiro atoms. The fourth-order valence-electron chi connectivity index (χ4n) is 1.82. The Bertz CT molecular complexity index is 340. The molecule has 0 aromatic rings. The van der Waals surface area contributed by atoms with Crippen LogP contribution in [0.25, 0.3) is 0 Å². The molecule has 0 aromatic carbocycles. The first-order valence-electron chi connectivity index (χ1n) is 5.57. The molecular weight excluding hydrogens is 222 g/mol. The number of nitriles is 1. The molecule has 1 aliphatic rings. The molecule has 1 saturated heterocycles. The molecule has 0 saturated carbocycles. The quantitative estimate of drug-likeness (QED) is 0.663. The van der Waals surface area contributed by atoms with E-state index in [2.05, 4.69) is 5.32 Å². The maximum Gasteiger partial charge on any atom is 0.309 e. The van der Waals surface area contributed by atoms with E-state index in [1.54, 1.807) is 6.92 Å². The fourth-order valence-corrected chi connectivity index (χ4v) is 1.82. The number of carboxylic acid groups (broad SMARTS) is 1. The second kappa shape index (κ2) is 5.64. The summed E-state index contributed by atoms with van der Waals surface area (Å²) in [6, 6.07) is 1.84. The van der Waals surface area contributed by atoms with Crippen LogP contribution in [0.5, 0.6) is 0 Å². The van der Waals surface area contributed by atoms with E-state index < -0.39 is 11.4 Å². The normalized spacial score (nSPS) is 19.3. The Morgan fingerprint density at radius 1 is 1.47 bits per heavy atom. The number of hydrogen-bond donors (Lipinski definition) is 2. The van der Waals surface area contributed by atoms with Gasteiger partial charge in [0.2, 0.25) is 5.91 Å². The maximum absolute atomic E-state index is 11.3. The Kier molecular flexibility index (Phi) is 4.46. The van der Waals surface area contributed by atoms with Crippen LogP contribution in [0.15, 0.2) is 0 Å². The summed E-state index contributed by atoms with van der Waals surface area (Å²) in [5.41, 5.74) is -0.667. The summed E-state index contributed by atoms with van der Waals surface area (Å²) in [5, 5.41) is 19.8. The van der Waals surface area contributed by atoms with Gasteiger partial charge >= 0.3 is 5.97 Å². The van der Waals surface area contributed by atoms with Gasteiger partial charge in [-0.15, -0.1) is 0 Å². The van der Waals surface area contributed by atoms with Gasteiger partial charge in [-0.3, -0.25) is 14.5 Å². The van der Waals surface area contributed by atoms with Crippen LogP contribution in [0, 0.1) is 16.7 Å². The van der Waals surface area contributed by atoms with Crippen molar-refractivity contribution in [2.45, 2.75) is 19.8 Å². The standard InChI is InChI=1S/C11H17N3O3/c1-11(10(16)17)2-6-14(7-3-11)8-9(15)13-5-4-12/h2-3,5-8H2,1H3,(H,13,15)(H,16,17). The van der Waals surface area contributed by atoms with Gasteiger partial charge in [0.05, 0.1) is 18.0 Å². The van der Waals surface area contributed by atoms with E-state index in [1.165, 1.54) is 0 Å². The fraction of sp³-hybridized carbons (Fsp3) is 0.727. The molecule has 6 nitrogen and oxygen atoms in total. The van der Waals surface area contributed by atoms with E-state index in [0.717, 1.165) is 0 Å². The number of nitrogens with one attached hydrogen (secondary N) is 1. The second-order valence-corrected chi connectivity index (χ2v) is 4.58. The minimum absolute atomic E-state index is 0.0134. The third-order valence-electron chi connectivity index (χ3n) is 3.21.